The maximum atomic E-state index is 10.6. The number of hydrogen-bond donors (Lipinski definition) is 0. The van der Waals surface area contributed by atoms with Gasteiger partial charge in [-0.05, 0) is 23.8 Å². The number of nitriles is 1. The monoisotopic (exact) mass is 256 g/mol. The fraction of sp³-hybridized carbons (Fsp3) is 0.143. The molecule has 0 unspecified atom stereocenters. The zero-order chi connectivity index (χ0) is 13.0. The topological polar surface area (TPSA) is 44.1 Å². The number of aldehydes is 1. The van der Waals surface area contributed by atoms with Crippen molar-refractivity contribution in [2.75, 3.05) is 11.9 Å². The normalized spacial score (nSPS) is 9.78. The second kappa shape index (κ2) is 5.48. The van der Waals surface area contributed by atoms with Crippen molar-refractivity contribution in [3.8, 4) is 6.07 Å². The Morgan fingerprint density at radius 3 is 2.94 bits per heavy atom. The molecule has 4 heteroatoms. The molecule has 0 aliphatic heterocycles. The molecule has 0 atom stereocenters. The van der Waals surface area contributed by atoms with Crippen LogP contribution in [-0.2, 0) is 6.54 Å². The lowest BCUT2D eigenvalue weighted by molar-refractivity contribution is 0.112. The molecule has 0 spiro atoms. The summed E-state index contributed by atoms with van der Waals surface area (Å²) in [6, 6.07) is 11.5. The minimum Gasteiger partial charge on any atom is -0.370 e. The first-order valence-corrected chi connectivity index (χ1v) is 6.35. The van der Waals surface area contributed by atoms with Crippen LogP contribution in [0.2, 0.25) is 0 Å². The summed E-state index contributed by atoms with van der Waals surface area (Å²) in [5, 5.41) is 10.8. The first-order chi connectivity index (χ1) is 8.72. The lowest BCUT2D eigenvalue weighted by Gasteiger charge is -2.17. The van der Waals surface area contributed by atoms with E-state index in [0.717, 1.165) is 22.4 Å². The molecular formula is C14H12N2OS. The Morgan fingerprint density at radius 2 is 2.28 bits per heavy atom. The van der Waals surface area contributed by atoms with Gasteiger partial charge in [0.1, 0.15) is 0 Å². The van der Waals surface area contributed by atoms with Gasteiger partial charge in [-0.1, -0.05) is 12.1 Å². The molecule has 0 saturated heterocycles. The predicted molar refractivity (Wildman–Crippen MR) is 73.0 cm³/mol. The molecule has 2 aromatic rings. The average molecular weight is 256 g/mol. The molecule has 0 aliphatic carbocycles. The van der Waals surface area contributed by atoms with Gasteiger partial charge in [0.05, 0.1) is 16.5 Å². The minimum atomic E-state index is 0.666. The quantitative estimate of drug-likeness (QED) is 0.790. The maximum Gasteiger partial charge on any atom is 0.160 e. The zero-order valence-electron chi connectivity index (χ0n) is 9.96. The van der Waals surface area contributed by atoms with E-state index in [9.17, 15) is 4.79 Å². The summed E-state index contributed by atoms with van der Waals surface area (Å²) in [6.45, 7) is 0.713. The number of anilines is 1. The maximum absolute atomic E-state index is 10.6. The largest absolute Gasteiger partial charge is 0.370 e. The van der Waals surface area contributed by atoms with Gasteiger partial charge in [0.15, 0.2) is 6.29 Å². The van der Waals surface area contributed by atoms with Crippen molar-refractivity contribution in [3.05, 3.63) is 51.7 Å². The number of benzene rings is 1. The summed E-state index contributed by atoms with van der Waals surface area (Å²) in [7, 11) is 1.97. The Kier molecular flexibility index (Phi) is 3.75. The van der Waals surface area contributed by atoms with E-state index in [1.165, 1.54) is 11.3 Å². The van der Waals surface area contributed by atoms with E-state index < -0.39 is 0 Å². The first kappa shape index (κ1) is 12.3. The summed E-state index contributed by atoms with van der Waals surface area (Å²) in [4.78, 5) is 13.4. The summed E-state index contributed by atoms with van der Waals surface area (Å²) < 4.78 is 0. The average Bonchev–Trinajstić information content (AvgIpc) is 2.88. The van der Waals surface area contributed by atoms with Gasteiger partial charge in [-0.3, -0.25) is 4.79 Å². The van der Waals surface area contributed by atoms with E-state index >= 15 is 0 Å². The Hall–Kier alpha value is -2.12. The predicted octanol–water partition coefficient (Wildman–Crippen LogP) is 3.07. The van der Waals surface area contributed by atoms with E-state index in [2.05, 4.69) is 11.0 Å². The van der Waals surface area contributed by atoms with Crippen LogP contribution in [0.4, 0.5) is 5.69 Å². The van der Waals surface area contributed by atoms with E-state index in [-0.39, 0.29) is 0 Å². The Balaban J connectivity index is 2.13. The van der Waals surface area contributed by atoms with Gasteiger partial charge < -0.3 is 4.90 Å². The smallest absolute Gasteiger partial charge is 0.160 e. The molecule has 1 aromatic heterocycles. The van der Waals surface area contributed by atoms with Crippen LogP contribution >= 0.6 is 11.3 Å². The van der Waals surface area contributed by atoms with Crippen LogP contribution in [0, 0.1) is 11.3 Å². The number of thiophene rings is 1. The van der Waals surface area contributed by atoms with Crippen molar-refractivity contribution in [3.63, 3.8) is 0 Å². The van der Waals surface area contributed by atoms with Gasteiger partial charge in [-0.25, -0.2) is 0 Å². The van der Waals surface area contributed by atoms with Gasteiger partial charge in [0.2, 0.25) is 0 Å². The fourth-order valence-corrected chi connectivity index (χ4v) is 2.46. The SMILES string of the molecule is CN(Cc1cccc(C#N)c1)c1csc(C=O)c1. The van der Waals surface area contributed by atoms with Gasteiger partial charge in [0, 0.05) is 24.7 Å². The molecule has 0 saturated carbocycles. The summed E-state index contributed by atoms with van der Waals surface area (Å²) >= 11 is 1.43. The van der Waals surface area contributed by atoms with Gasteiger partial charge in [-0.15, -0.1) is 11.3 Å². The second-order valence-corrected chi connectivity index (χ2v) is 4.94. The van der Waals surface area contributed by atoms with E-state index in [0.29, 0.717) is 12.1 Å². The van der Waals surface area contributed by atoms with Crippen LogP contribution in [0.15, 0.2) is 35.7 Å². The number of hydrogen-bond acceptors (Lipinski definition) is 4. The number of carbonyl (C=O) groups excluding carboxylic acids is 1. The third-order valence-corrected chi connectivity index (χ3v) is 3.48. The van der Waals surface area contributed by atoms with Gasteiger partial charge >= 0.3 is 0 Å². The van der Waals surface area contributed by atoms with Crippen LogP contribution < -0.4 is 4.90 Å². The fourth-order valence-electron chi connectivity index (χ4n) is 1.71. The lowest BCUT2D eigenvalue weighted by atomic mass is 10.1. The van der Waals surface area contributed by atoms with Crippen molar-refractivity contribution in [2.45, 2.75) is 6.54 Å². The highest BCUT2D eigenvalue weighted by Crippen LogP contribution is 2.22. The molecule has 0 amide bonds. The van der Waals surface area contributed by atoms with Crippen molar-refractivity contribution < 1.29 is 4.79 Å². The number of nitrogens with zero attached hydrogens (tertiary/aromatic N) is 2. The van der Waals surface area contributed by atoms with Gasteiger partial charge in [-0.2, -0.15) is 5.26 Å². The number of rotatable bonds is 4. The first-order valence-electron chi connectivity index (χ1n) is 5.47. The second-order valence-electron chi connectivity index (χ2n) is 3.99. The summed E-state index contributed by atoms with van der Waals surface area (Å²) in [6.07, 6.45) is 0.859. The zero-order valence-corrected chi connectivity index (χ0v) is 10.8. The van der Waals surface area contributed by atoms with Crippen LogP contribution in [0.5, 0.6) is 0 Å². The van der Waals surface area contributed by atoms with E-state index in [4.69, 9.17) is 5.26 Å². The Bertz CT molecular complexity index is 598. The van der Waals surface area contributed by atoms with Crippen molar-refractivity contribution in [1.82, 2.24) is 0 Å². The van der Waals surface area contributed by atoms with Crippen LogP contribution in [0.3, 0.4) is 0 Å². The highest BCUT2D eigenvalue weighted by Gasteiger charge is 2.05. The summed E-state index contributed by atoms with van der Waals surface area (Å²) in [5.74, 6) is 0. The molecule has 2 rings (SSSR count). The molecule has 0 bridgehead atoms. The molecule has 0 N–H and O–H groups in total. The Labute approximate surface area is 110 Å². The van der Waals surface area contributed by atoms with E-state index in [1.807, 2.05) is 36.7 Å². The molecule has 3 nitrogen and oxygen atoms in total. The highest BCUT2D eigenvalue weighted by molar-refractivity contribution is 7.12. The molecule has 18 heavy (non-hydrogen) atoms. The van der Waals surface area contributed by atoms with Crippen molar-refractivity contribution >= 4 is 23.3 Å². The summed E-state index contributed by atoms with van der Waals surface area (Å²) in [5.41, 5.74) is 2.76. The standard InChI is InChI=1S/C14H12N2OS/c1-16(13-6-14(9-17)18-10-13)8-12-4-2-3-11(5-12)7-15/h2-6,9-10H,8H2,1H3. The van der Waals surface area contributed by atoms with Crippen LogP contribution in [-0.4, -0.2) is 13.3 Å². The molecule has 0 radical (unpaired) electrons. The number of carbonyl (C=O) groups is 1. The minimum absolute atomic E-state index is 0.666. The van der Waals surface area contributed by atoms with Crippen LogP contribution in [0.1, 0.15) is 20.8 Å². The van der Waals surface area contributed by atoms with Crippen molar-refractivity contribution in [2.24, 2.45) is 0 Å². The molecule has 1 heterocycles. The highest BCUT2D eigenvalue weighted by atomic mass is 32.1. The molecule has 0 fully saturated rings. The third-order valence-electron chi connectivity index (χ3n) is 2.64. The van der Waals surface area contributed by atoms with E-state index in [1.54, 1.807) is 6.07 Å². The van der Waals surface area contributed by atoms with Crippen molar-refractivity contribution in [1.29, 1.82) is 5.26 Å². The molecule has 0 aliphatic rings. The molecule has 90 valence electrons. The Morgan fingerprint density at radius 1 is 1.44 bits per heavy atom. The molecule has 1 aromatic carbocycles. The lowest BCUT2D eigenvalue weighted by Crippen LogP contribution is -2.15. The third kappa shape index (κ3) is 2.76. The van der Waals surface area contributed by atoms with Crippen LogP contribution in [0.25, 0.3) is 0 Å². The molecular weight excluding hydrogens is 244 g/mol. The van der Waals surface area contributed by atoms with Gasteiger partial charge in [0.25, 0.3) is 0 Å².